The van der Waals surface area contributed by atoms with Crippen molar-refractivity contribution in [3.63, 3.8) is 0 Å². The summed E-state index contributed by atoms with van der Waals surface area (Å²) in [6.07, 6.45) is 1.70. The quantitative estimate of drug-likeness (QED) is 0.366. The fourth-order valence-corrected chi connectivity index (χ4v) is 5.61. The van der Waals surface area contributed by atoms with Gasteiger partial charge in [-0.05, 0) is 69.2 Å². The Hall–Kier alpha value is -3.07. The molecular formula is C27H26Cl2N2O5S. The highest BCUT2D eigenvalue weighted by Crippen LogP contribution is 2.36. The Bertz CT molecular complexity index is 1560. The van der Waals surface area contributed by atoms with Crippen molar-refractivity contribution in [2.24, 2.45) is 4.99 Å². The number of hydrogen-bond acceptors (Lipinski definition) is 7. The maximum absolute atomic E-state index is 13.8. The standard InChI is InChI=1S/C27H26Cl2N2O5S/c1-5-34-20-11-9-17(12-21(20)35-6-2)24-23(26(33)36-7-3)15(4)30-27-31(24)25(32)22(37-27)13-16-8-10-18(28)14-19(16)29/h8-14,24H,5-7H2,1-4H3/b22-13-/t24-/m1/s1. The molecule has 0 bridgehead atoms. The molecule has 2 heterocycles. The topological polar surface area (TPSA) is 79.1 Å². The zero-order valence-corrected chi connectivity index (χ0v) is 23.2. The van der Waals surface area contributed by atoms with Gasteiger partial charge in [0, 0.05) is 10.0 Å². The molecule has 3 aromatic rings. The number of esters is 1. The molecule has 37 heavy (non-hydrogen) atoms. The number of allylic oxidation sites excluding steroid dienone is 1. The molecule has 10 heteroatoms. The Morgan fingerprint density at radius 2 is 1.78 bits per heavy atom. The summed E-state index contributed by atoms with van der Waals surface area (Å²) in [7, 11) is 0. The largest absolute Gasteiger partial charge is 0.490 e. The molecule has 4 rings (SSSR count). The number of carbonyl (C=O) groups excluding carboxylic acids is 1. The number of rotatable bonds is 8. The number of nitrogens with zero attached hydrogens (tertiary/aromatic N) is 2. The van der Waals surface area contributed by atoms with Crippen molar-refractivity contribution in [3.05, 3.63) is 88.5 Å². The van der Waals surface area contributed by atoms with Crippen molar-refractivity contribution in [1.82, 2.24) is 4.57 Å². The lowest BCUT2D eigenvalue weighted by Crippen LogP contribution is -2.40. The molecule has 194 valence electrons. The van der Waals surface area contributed by atoms with E-state index in [0.29, 0.717) is 60.9 Å². The number of hydrogen-bond donors (Lipinski definition) is 0. The normalized spacial score (nSPS) is 15.3. The minimum atomic E-state index is -0.770. The summed E-state index contributed by atoms with van der Waals surface area (Å²) in [5.74, 6) is 0.571. The molecule has 0 unspecified atom stereocenters. The second-order valence-corrected chi connectivity index (χ2v) is 9.89. The van der Waals surface area contributed by atoms with Gasteiger partial charge in [-0.2, -0.15) is 0 Å². The van der Waals surface area contributed by atoms with Crippen molar-refractivity contribution < 1.29 is 19.0 Å². The molecular weight excluding hydrogens is 535 g/mol. The molecule has 1 aliphatic heterocycles. The smallest absolute Gasteiger partial charge is 0.338 e. The van der Waals surface area contributed by atoms with Gasteiger partial charge in [-0.1, -0.05) is 46.7 Å². The van der Waals surface area contributed by atoms with E-state index in [9.17, 15) is 9.59 Å². The zero-order chi connectivity index (χ0) is 26.7. The van der Waals surface area contributed by atoms with Crippen molar-refractivity contribution >= 4 is 46.6 Å². The molecule has 0 aliphatic carbocycles. The van der Waals surface area contributed by atoms with Crippen LogP contribution in [0.2, 0.25) is 10.0 Å². The number of fused-ring (bicyclic) bond motifs is 1. The summed E-state index contributed by atoms with van der Waals surface area (Å²) in [5.41, 5.74) is 1.78. The summed E-state index contributed by atoms with van der Waals surface area (Å²) in [6.45, 7) is 8.32. The van der Waals surface area contributed by atoms with Gasteiger partial charge in [-0.3, -0.25) is 9.36 Å². The van der Waals surface area contributed by atoms with Crippen LogP contribution < -0.4 is 24.4 Å². The van der Waals surface area contributed by atoms with Crippen LogP contribution in [-0.2, 0) is 9.53 Å². The molecule has 1 atom stereocenters. The van der Waals surface area contributed by atoms with E-state index in [0.717, 1.165) is 0 Å². The number of aromatic nitrogens is 1. The second kappa shape index (κ2) is 11.5. The predicted octanol–water partition coefficient (Wildman–Crippen LogP) is 4.90. The van der Waals surface area contributed by atoms with E-state index in [1.54, 1.807) is 50.3 Å². The van der Waals surface area contributed by atoms with Crippen LogP contribution in [0.1, 0.15) is 44.9 Å². The number of benzene rings is 2. The van der Waals surface area contributed by atoms with Crippen LogP contribution >= 0.6 is 34.5 Å². The molecule has 0 fully saturated rings. The predicted molar refractivity (Wildman–Crippen MR) is 146 cm³/mol. The first-order valence-corrected chi connectivity index (χ1v) is 13.4. The van der Waals surface area contributed by atoms with Crippen LogP contribution in [0.25, 0.3) is 6.08 Å². The van der Waals surface area contributed by atoms with E-state index in [-0.39, 0.29) is 17.7 Å². The summed E-state index contributed by atoms with van der Waals surface area (Å²) in [4.78, 5) is 32.0. The Morgan fingerprint density at radius 1 is 1.05 bits per heavy atom. The maximum atomic E-state index is 13.8. The van der Waals surface area contributed by atoms with E-state index < -0.39 is 12.0 Å². The monoisotopic (exact) mass is 560 g/mol. The van der Waals surface area contributed by atoms with Gasteiger partial charge in [0.15, 0.2) is 16.3 Å². The van der Waals surface area contributed by atoms with Gasteiger partial charge in [0.1, 0.15) is 0 Å². The zero-order valence-electron chi connectivity index (χ0n) is 20.8. The van der Waals surface area contributed by atoms with Gasteiger partial charge < -0.3 is 14.2 Å². The Morgan fingerprint density at radius 3 is 2.46 bits per heavy atom. The second-order valence-electron chi connectivity index (χ2n) is 8.04. The lowest BCUT2D eigenvalue weighted by molar-refractivity contribution is -0.139. The highest BCUT2D eigenvalue weighted by molar-refractivity contribution is 7.07. The first-order valence-electron chi connectivity index (χ1n) is 11.8. The summed E-state index contributed by atoms with van der Waals surface area (Å²) in [6, 6.07) is 9.70. The Labute approximate surface area is 228 Å². The minimum Gasteiger partial charge on any atom is -0.490 e. The average molecular weight is 561 g/mol. The van der Waals surface area contributed by atoms with Crippen LogP contribution in [0.4, 0.5) is 0 Å². The van der Waals surface area contributed by atoms with E-state index in [1.165, 1.54) is 15.9 Å². The highest BCUT2D eigenvalue weighted by atomic mass is 35.5. The highest BCUT2D eigenvalue weighted by Gasteiger charge is 2.34. The first-order chi connectivity index (χ1) is 17.8. The van der Waals surface area contributed by atoms with Gasteiger partial charge in [0.05, 0.1) is 41.7 Å². The van der Waals surface area contributed by atoms with Crippen molar-refractivity contribution in [3.8, 4) is 11.5 Å². The fourth-order valence-electron chi connectivity index (χ4n) is 4.10. The van der Waals surface area contributed by atoms with Crippen molar-refractivity contribution in [1.29, 1.82) is 0 Å². The molecule has 0 amide bonds. The van der Waals surface area contributed by atoms with Gasteiger partial charge in [0.2, 0.25) is 0 Å². The van der Waals surface area contributed by atoms with Gasteiger partial charge >= 0.3 is 5.97 Å². The molecule has 0 radical (unpaired) electrons. The summed E-state index contributed by atoms with van der Waals surface area (Å²) < 4.78 is 18.8. The van der Waals surface area contributed by atoms with Crippen molar-refractivity contribution in [2.45, 2.75) is 33.7 Å². The molecule has 7 nitrogen and oxygen atoms in total. The molecule has 0 saturated carbocycles. The van der Waals surface area contributed by atoms with E-state index in [1.807, 2.05) is 19.9 Å². The number of carbonyl (C=O) groups is 1. The third kappa shape index (κ3) is 5.46. The van der Waals surface area contributed by atoms with E-state index in [4.69, 9.17) is 37.4 Å². The fraction of sp³-hybridized carbons (Fsp3) is 0.296. The molecule has 0 saturated heterocycles. The summed E-state index contributed by atoms with van der Waals surface area (Å²) in [5, 5.41) is 0.921. The molecule has 1 aromatic heterocycles. The molecule has 0 N–H and O–H groups in total. The molecule has 2 aromatic carbocycles. The summed E-state index contributed by atoms with van der Waals surface area (Å²) >= 11 is 13.6. The minimum absolute atomic E-state index is 0.190. The SMILES string of the molecule is CCOC(=O)C1=C(C)N=c2s/c(=C\c3ccc(Cl)cc3Cl)c(=O)n2[C@@H]1c1ccc(OCC)c(OCC)c1. The van der Waals surface area contributed by atoms with Gasteiger partial charge in [-0.25, -0.2) is 9.79 Å². The molecule has 0 spiro atoms. The van der Waals surface area contributed by atoms with Crippen LogP contribution in [0.15, 0.2) is 57.5 Å². The van der Waals surface area contributed by atoms with Crippen LogP contribution in [-0.4, -0.2) is 30.4 Å². The average Bonchev–Trinajstić information content (AvgIpc) is 3.16. The maximum Gasteiger partial charge on any atom is 0.338 e. The van der Waals surface area contributed by atoms with Crippen LogP contribution in [0.3, 0.4) is 0 Å². The first kappa shape index (κ1) is 27.0. The Kier molecular flexibility index (Phi) is 8.42. The number of halogens is 2. The van der Waals surface area contributed by atoms with E-state index >= 15 is 0 Å². The third-order valence-corrected chi connectivity index (χ3v) is 7.19. The van der Waals surface area contributed by atoms with Crippen LogP contribution in [0, 0.1) is 0 Å². The van der Waals surface area contributed by atoms with Crippen LogP contribution in [0.5, 0.6) is 11.5 Å². The van der Waals surface area contributed by atoms with E-state index in [2.05, 4.69) is 4.99 Å². The lowest BCUT2D eigenvalue weighted by atomic mass is 9.95. The lowest BCUT2D eigenvalue weighted by Gasteiger charge is -2.25. The Balaban J connectivity index is 1.96. The number of ether oxygens (including phenoxy) is 3. The number of thiazole rings is 1. The van der Waals surface area contributed by atoms with Crippen molar-refractivity contribution in [2.75, 3.05) is 19.8 Å². The molecule has 1 aliphatic rings. The van der Waals surface area contributed by atoms with Gasteiger partial charge in [0.25, 0.3) is 5.56 Å². The third-order valence-electron chi connectivity index (χ3n) is 5.65. The van der Waals surface area contributed by atoms with Gasteiger partial charge in [-0.15, -0.1) is 0 Å².